The van der Waals surface area contributed by atoms with Crippen LogP contribution in [0.2, 0.25) is 0 Å². The minimum absolute atomic E-state index is 0.419. The third-order valence-corrected chi connectivity index (χ3v) is 2.07. The Morgan fingerprint density at radius 2 is 1.86 bits per heavy atom. The van der Waals surface area contributed by atoms with Gasteiger partial charge >= 0.3 is 0 Å². The lowest BCUT2D eigenvalue weighted by Gasteiger charge is -1.95. The van der Waals surface area contributed by atoms with E-state index in [-0.39, 0.29) is 0 Å². The molecule has 0 atom stereocenters. The molecule has 0 aliphatic heterocycles. The molecule has 0 aromatic rings. The second kappa shape index (κ2) is 10.5. The van der Waals surface area contributed by atoms with Crippen molar-refractivity contribution in [3.63, 3.8) is 0 Å². The molecule has 0 saturated heterocycles. The molecule has 14 heavy (non-hydrogen) atoms. The summed E-state index contributed by atoms with van der Waals surface area (Å²) in [6.07, 6.45) is 14.6. The van der Waals surface area contributed by atoms with Gasteiger partial charge in [0.1, 0.15) is 0 Å². The number of hydrogen-bond donors (Lipinski definition) is 0. The van der Waals surface area contributed by atoms with Crippen LogP contribution in [0.4, 0.5) is 0 Å². The number of unbranched alkanes of at least 4 members (excludes halogenated alkanes) is 5. The third-order valence-electron chi connectivity index (χ3n) is 1.95. The van der Waals surface area contributed by atoms with Crippen molar-refractivity contribution in [3.05, 3.63) is 24.3 Å². The second-order valence-electron chi connectivity index (χ2n) is 3.29. The predicted molar refractivity (Wildman–Crippen MR) is 62.5 cm³/mol. The van der Waals surface area contributed by atoms with E-state index in [9.17, 15) is 4.79 Å². The summed E-state index contributed by atoms with van der Waals surface area (Å²) in [5, 5.41) is -0.419. The molecule has 80 valence electrons. The average Bonchev–Trinajstić information content (AvgIpc) is 2.15. The highest BCUT2D eigenvalue weighted by Gasteiger charge is 1.86. The SMILES string of the molecule is CCCCCCCC=CC=CC(=O)Cl. The largest absolute Gasteiger partial charge is 0.276 e. The van der Waals surface area contributed by atoms with E-state index in [0.717, 1.165) is 6.42 Å². The average molecular weight is 215 g/mol. The number of rotatable bonds is 8. The van der Waals surface area contributed by atoms with Crippen LogP contribution in [0, 0.1) is 0 Å². The summed E-state index contributed by atoms with van der Waals surface area (Å²) in [6, 6.07) is 0. The van der Waals surface area contributed by atoms with Crippen LogP contribution in [0.15, 0.2) is 24.3 Å². The van der Waals surface area contributed by atoms with E-state index < -0.39 is 5.24 Å². The van der Waals surface area contributed by atoms with Crippen molar-refractivity contribution in [2.75, 3.05) is 0 Å². The Morgan fingerprint density at radius 1 is 1.14 bits per heavy atom. The molecular weight excluding hydrogens is 196 g/mol. The minimum Gasteiger partial charge on any atom is -0.276 e. The molecule has 0 aromatic carbocycles. The van der Waals surface area contributed by atoms with Crippen molar-refractivity contribution in [3.8, 4) is 0 Å². The highest BCUT2D eigenvalue weighted by Crippen LogP contribution is 2.05. The quantitative estimate of drug-likeness (QED) is 0.256. The van der Waals surface area contributed by atoms with Gasteiger partial charge in [-0.3, -0.25) is 4.79 Å². The fourth-order valence-corrected chi connectivity index (χ4v) is 1.24. The first-order valence-electron chi connectivity index (χ1n) is 5.30. The third kappa shape index (κ3) is 11.4. The van der Waals surface area contributed by atoms with Crippen molar-refractivity contribution in [1.29, 1.82) is 0 Å². The van der Waals surface area contributed by atoms with Gasteiger partial charge in [-0.15, -0.1) is 0 Å². The Bertz CT molecular complexity index is 194. The molecule has 0 aromatic heterocycles. The summed E-state index contributed by atoms with van der Waals surface area (Å²) in [4.78, 5) is 10.3. The summed E-state index contributed by atoms with van der Waals surface area (Å²) in [5.41, 5.74) is 0. The standard InChI is InChI=1S/C12H19ClO/c1-2-3-4-5-6-7-8-9-10-11-12(13)14/h8-11H,2-7H2,1H3. The fraction of sp³-hybridized carbons (Fsp3) is 0.583. The molecular formula is C12H19ClO. The molecule has 0 N–H and O–H groups in total. The highest BCUT2D eigenvalue weighted by atomic mass is 35.5. The van der Waals surface area contributed by atoms with Crippen LogP contribution < -0.4 is 0 Å². The number of carbonyl (C=O) groups is 1. The maximum absolute atomic E-state index is 10.3. The predicted octanol–water partition coefficient (Wildman–Crippen LogP) is 4.22. The van der Waals surface area contributed by atoms with Crippen molar-refractivity contribution >= 4 is 16.8 Å². The van der Waals surface area contributed by atoms with Crippen molar-refractivity contribution in [1.82, 2.24) is 0 Å². The lowest BCUT2D eigenvalue weighted by molar-refractivity contribution is -0.107. The first-order chi connectivity index (χ1) is 6.77. The summed E-state index contributed by atoms with van der Waals surface area (Å²) in [7, 11) is 0. The maximum atomic E-state index is 10.3. The van der Waals surface area contributed by atoms with E-state index in [2.05, 4.69) is 13.0 Å². The minimum atomic E-state index is -0.419. The molecule has 1 nitrogen and oxygen atoms in total. The van der Waals surface area contributed by atoms with Gasteiger partial charge in [0.25, 0.3) is 0 Å². The van der Waals surface area contributed by atoms with E-state index in [1.54, 1.807) is 6.08 Å². The summed E-state index contributed by atoms with van der Waals surface area (Å²) >= 11 is 5.12. The van der Waals surface area contributed by atoms with Crippen molar-refractivity contribution in [2.24, 2.45) is 0 Å². The monoisotopic (exact) mass is 214 g/mol. The number of hydrogen-bond acceptors (Lipinski definition) is 1. The van der Waals surface area contributed by atoms with Gasteiger partial charge < -0.3 is 0 Å². The van der Waals surface area contributed by atoms with Gasteiger partial charge in [-0.2, -0.15) is 0 Å². The van der Waals surface area contributed by atoms with Gasteiger partial charge in [0, 0.05) is 0 Å². The Balaban J connectivity index is 3.23. The van der Waals surface area contributed by atoms with Crippen LogP contribution in [-0.2, 0) is 4.79 Å². The van der Waals surface area contributed by atoms with Crippen LogP contribution in [0.1, 0.15) is 45.4 Å². The second-order valence-corrected chi connectivity index (χ2v) is 3.67. The molecule has 0 heterocycles. The zero-order chi connectivity index (χ0) is 10.6. The van der Waals surface area contributed by atoms with E-state index in [1.165, 1.54) is 38.2 Å². The lowest BCUT2D eigenvalue weighted by atomic mass is 10.1. The first kappa shape index (κ1) is 13.4. The molecule has 0 bridgehead atoms. The molecule has 0 unspecified atom stereocenters. The van der Waals surface area contributed by atoms with Crippen LogP contribution in [-0.4, -0.2) is 5.24 Å². The normalized spacial score (nSPS) is 11.6. The number of halogens is 1. The number of allylic oxidation sites excluding steroid dienone is 4. The van der Waals surface area contributed by atoms with Crippen LogP contribution in [0.25, 0.3) is 0 Å². The smallest absolute Gasteiger partial charge is 0.245 e. The highest BCUT2D eigenvalue weighted by molar-refractivity contribution is 6.66. The maximum Gasteiger partial charge on any atom is 0.245 e. The molecule has 0 fully saturated rings. The summed E-state index contributed by atoms with van der Waals surface area (Å²) in [6.45, 7) is 2.22. The lowest BCUT2D eigenvalue weighted by Crippen LogP contribution is -1.76. The van der Waals surface area contributed by atoms with E-state index in [0.29, 0.717) is 0 Å². The molecule has 0 radical (unpaired) electrons. The molecule has 0 spiro atoms. The summed E-state index contributed by atoms with van der Waals surface area (Å²) < 4.78 is 0. The Hall–Kier alpha value is -0.560. The Labute approximate surface area is 91.8 Å². The van der Waals surface area contributed by atoms with Crippen molar-refractivity contribution in [2.45, 2.75) is 45.4 Å². The van der Waals surface area contributed by atoms with E-state index in [1.807, 2.05) is 6.08 Å². The van der Waals surface area contributed by atoms with Crippen LogP contribution >= 0.6 is 11.6 Å². The van der Waals surface area contributed by atoms with Gasteiger partial charge in [0.2, 0.25) is 5.24 Å². The van der Waals surface area contributed by atoms with E-state index in [4.69, 9.17) is 11.6 Å². The Morgan fingerprint density at radius 3 is 2.50 bits per heavy atom. The molecule has 0 aliphatic rings. The van der Waals surface area contributed by atoms with Gasteiger partial charge in [-0.1, -0.05) is 50.8 Å². The molecule has 0 rings (SSSR count). The topological polar surface area (TPSA) is 17.1 Å². The fourth-order valence-electron chi connectivity index (χ4n) is 1.17. The van der Waals surface area contributed by atoms with Crippen LogP contribution in [0.5, 0.6) is 0 Å². The zero-order valence-corrected chi connectivity index (χ0v) is 9.59. The summed E-state index contributed by atoms with van der Waals surface area (Å²) in [5.74, 6) is 0. The zero-order valence-electron chi connectivity index (χ0n) is 8.84. The van der Waals surface area contributed by atoms with Gasteiger partial charge in [0.15, 0.2) is 0 Å². The molecule has 0 aliphatic carbocycles. The van der Waals surface area contributed by atoms with E-state index >= 15 is 0 Å². The Kier molecular flexibility index (Phi) is 10.1. The van der Waals surface area contributed by atoms with Crippen molar-refractivity contribution < 1.29 is 4.79 Å². The first-order valence-corrected chi connectivity index (χ1v) is 5.68. The van der Waals surface area contributed by atoms with Gasteiger partial charge in [-0.05, 0) is 30.5 Å². The molecule has 2 heteroatoms. The van der Waals surface area contributed by atoms with Crippen LogP contribution in [0.3, 0.4) is 0 Å². The van der Waals surface area contributed by atoms with Gasteiger partial charge in [0.05, 0.1) is 0 Å². The molecule has 0 saturated carbocycles. The molecule has 0 amide bonds. The number of carbonyl (C=O) groups excluding carboxylic acids is 1. The van der Waals surface area contributed by atoms with Gasteiger partial charge in [-0.25, -0.2) is 0 Å².